The first-order chi connectivity index (χ1) is 7.95. The number of rotatable bonds is 4. The lowest BCUT2D eigenvalue weighted by Crippen LogP contribution is -2.43. The normalized spacial score (nSPS) is 19.6. The molecule has 0 spiro atoms. The van der Waals surface area contributed by atoms with Crippen molar-refractivity contribution in [1.82, 2.24) is 9.71 Å². The molecule has 0 amide bonds. The molecule has 1 aliphatic rings. The van der Waals surface area contributed by atoms with E-state index < -0.39 is 10.0 Å². The molecule has 3 N–H and O–H groups in total. The average Bonchev–Trinajstić information content (AvgIpc) is 2.85. The highest BCUT2D eigenvalue weighted by Gasteiger charge is 2.33. The molecule has 1 heterocycles. The third kappa shape index (κ3) is 2.70. The second-order valence-corrected chi connectivity index (χ2v) is 6.57. The first-order valence-corrected chi connectivity index (χ1v) is 7.26. The van der Waals surface area contributed by atoms with Crippen LogP contribution >= 0.6 is 0 Å². The minimum Gasteiger partial charge on any atom is -0.390 e. The number of aliphatic hydroxyl groups is 1. The van der Waals surface area contributed by atoms with E-state index in [0.717, 1.165) is 25.7 Å². The van der Waals surface area contributed by atoms with E-state index in [9.17, 15) is 8.42 Å². The van der Waals surface area contributed by atoms with E-state index in [0.29, 0.717) is 5.69 Å². The number of H-pyrrole nitrogens is 1. The van der Waals surface area contributed by atoms with E-state index in [4.69, 9.17) is 5.11 Å². The van der Waals surface area contributed by atoms with Gasteiger partial charge in [-0.05, 0) is 25.8 Å². The molecule has 1 aliphatic carbocycles. The lowest BCUT2D eigenvalue weighted by Gasteiger charge is -2.24. The van der Waals surface area contributed by atoms with Gasteiger partial charge in [0.1, 0.15) is 0 Å². The Bertz CT molecular complexity index is 487. The largest absolute Gasteiger partial charge is 0.390 e. The predicted molar refractivity (Wildman–Crippen MR) is 63.9 cm³/mol. The monoisotopic (exact) mass is 258 g/mol. The Morgan fingerprint density at radius 3 is 2.65 bits per heavy atom. The number of aliphatic hydroxyl groups excluding tert-OH is 1. The number of hydrogen-bond donors (Lipinski definition) is 3. The molecule has 0 atom stereocenters. The van der Waals surface area contributed by atoms with Crippen molar-refractivity contribution in [2.75, 3.05) is 0 Å². The molecular weight excluding hydrogens is 240 g/mol. The molecule has 1 saturated carbocycles. The minimum atomic E-state index is -3.48. The van der Waals surface area contributed by atoms with E-state index >= 15 is 0 Å². The molecule has 0 saturated heterocycles. The van der Waals surface area contributed by atoms with Gasteiger partial charge in [-0.1, -0.05) is 12.8 Å². The van der Waals surface area contributed by atoms with Crippen LogP contribution < -0.4 is 4.72 Å². The van der Waals surface area contributed by atoms with Crippen LogP contribution in [0.2, 0.25) is 0 Å². The van der Waals surface area contributed by atoms with Gasteiger partial charge in [0.2, 0.25) is 10.0 Å². The maximum absolute atomic E-state index is 12.1. The number of nitrogens with one attached hydrogen (secondary N) is 2. The van der Waals surface area contributed by atoms with Crippen molar-refractivity contribution in [3.05, 3.63) is 18.0 Å². The van der Waals surface area contributed by atoms with Gasteiger partial charge in [0.25, 0.3) is 0 Å². The smallest absolute Gasteiger partial charge is 0.242 e. The van der Waals surface area contributed by atoms with E-state index in [1.807, 2.05) is 6.92 Å². The summed E-state index contributed by atoms with van der Waals surface area (Å²) in [7, 11) is -3.48. The standard InChI is InChI=1S/C11H18N2O3S/c1-11(4-2-3-5-11)13-17(15,16)10-6-9(8-14)12-7-10/h6-7,12-14H,2-5,8H2,1H3. The minimum absolute atomic E-state index is 0.188. The quantitative estimate of drug-likeness (QED) is 0.757. The molecule has 1 aromatic rings. The molecule has 96 valence electrons. The van der Waals surface area contributed by atoms with Crippen LogP contribution in [0.15, 0.2) is 17.2 Å². The van der Waals surface area contributed by atoms with E-state index in [1.165, 1.54) is 12.3 Å². The number of aromatic nitrogens is 1. The van der Waals surface area contributed by atoms with Crippen LogP contribution in [0.1, 0.15) is 38.3 Å². The van der Waals surface area contributed by atoms with E-state index in [1.54, 1.807) is 0 Å². The summed E-state index contributed by atoms with van der Waals surface area (Å²) in [5, 5.41) is 8.91. The van der Waals surface area contributed by atoms with Crippen molar-refractivity contribution < 1.29 is 13.5 Å². The van der Waals surface area contributed by atoms with Crippen LogP contribution in [0.3, 0.4) is 0 Å². The summed E-state index contributed by atoms with van der Waals surface area (Å²) in [5.41, 5.74) is 0.178. The van der Waals surface area contributed by atoms with Gasteiger partial charge in [-0.25, -0.2) is 13.1 Å². The van der Waals surface area contributed by atoms with Crippen molar-refractivity contribution in [3.8, 4) is 0 Å². The zero-order valence-corrected chi connectivity index (χ0v) is 10.7. The summed E-state index contributed by atoms with van der Waals surface area (Å²) >= 11 is 0. The molecule has 5 nitrogen and oxygen atoms in total. The van der Waals surface area contributed by atoms with Gasteiger partial charge in [-0.2, -0.15) is 0 Å². The van der Waals surface area contributed by atoms with Gasteiger partial charge in [0.15, 0.2) is 0 Å². The Hall–Kier alpha value is -0.850. The van der Waals surface area contributed by atoms with Crippen LogP contribution in [0.25, 0.3) is 0 Å². The summed E-state index contributed by atoms with van der Waals surface area (Å²) in [6, 6.07) is 1.46. The van der Waals surface area contributed by atoms with Gasteiger partial charge < -0.3 is 10.1 Å². The SMILES string of the molecule is CC1(NS(=O)(=O)c2c[nH]c(CO)c2)CCCC1. The zero-order valence-electron chi connectivity index (χ0n) is 9.86. The van der Waals surface area contributed by atoms with Gasteiger partial charge in [-0.3, -0.25) is 0 Å². The summed E-state index contributed by atoms with van der Waals surface area (Å²) in [4.78, 5) is 2.92. The Labute approximate surface area is 101 Å². The van der Waals surface area contributed by atoms with Gasteiger partial charge in [0.05, 0.1) is 11.5 Å². The number of sulfonamides is 1. The first-order valence-electron chi connectivity index (χ1n) is 5.77. The summed E-state index contributed by atoms with van der Waals surface area (Å²) < 4.78 is 27.0. The highest BCUT2D eigenvalue weighted by atomic mass is 32.2. The van der Waals surface area contributed by atoms with Gasteiger partial charge in [-0.15, -0.1) is 0 Å². The van der Waals surface area contributed by atoms with Crippen molar-refractivity contribution in [2.24, 2.45) is 0 Å². The van der Waals surface area contributed by atoms with Gasteiger partial charge in [0, 0.05) is 17.4 Å². The molecule has 6 heteroatoms. The highest BCUT2D eigenvalue weighted by Crippen LogP contribution is 2.30. The van der Waals surface area contributed by atoms with Crippen LogP contribution in [0.4, 0.5) is 0 Å². The van der Waals surface area contributed by atoms with Crippen molar-refractivity contribution in [3.63, 3.8) is 0 Å². The average molecular weight is 258 g/mol. The fourth-order valence-corrected chi connectivity index (χ4v) is 3.79. The van der Waals surface area contributed by atoms with Crippen LogP contribution in [-0.2, 0) is 16.6 Å². The van der Waals surface area contributed by atoms with Crippen molar-refractivity contribution in [1.29, 1.82) is 0 Å². The number of aromatic amines is 1. The molecule has 0 radical (unpaired) electrons. The molecule has 0 unspecified atom stereocenters. The molecule has 17 heavy (non-hydrogen) atoms. The maximum Gasteiger partial charge on any atom is 0.242 e. The van der Waals surface area contributed by atoms with Crippen molar-refractivity contribution in [2.45, 2.75) is 49.6 Å². The fourth-order valence-electron chi connectivity index (χ4n) is 2.31. The Morgan fingerprint density at radius 1 is 1.47 bits per heavy atom. The molecule has 1 aromatic heterocycles. The molecule has 0 aromatic carbocycles. The second kappa shape index (κ2) is 4.44. The first kappa shape index (κ1) is 12.6. The third-order valence-corrected chi connectivity index (χ3v) is 4.90. The van der Waals surface area contributed by atoms with Crippen LogP contribution in [0, 0.1) is 0 Å². The maximum atomic E-state index is 12.1. The van der Waals surface area contributed by atoms with Crippen molar-refractivity contribution >= 4 is 10.0 Å². The zero-order chi connectivity index (χ0) is 12.5. The molecule has 2 rings (SSSR count). The van der Waals surface area contributed by atoms with E-state index in [2.05, 4.69) is 9.71 Å². The second-order valence-electron chi connectivity index (χ2n) is 4.89. The molecule has 1 fully saturated rings. The lowest BCUT2D eigenvalue weighted by atomic mass is 10.0. The summed E-state index contributed by atoms with van der Waals surface area (Å²) in [6.07, 6.45) is 5.29. The van der Waals surface area contributed by atoms with E-state index in [-0.39, 0.29) is 17.0 Å². The Morgan fingerprint density at radius 2 is 2.12 bits per heavy atom. The third-order valence-electron chi connectivity index (χ3n) is 3.28. The van der Waals surface area contributed by atoms with Crippen LogP contribution in [0.5, 0.6) is 0 Å². The molecule has 0 bridgehead atoms. The highest BCUT2D eigenvalue weighted by molar-refractivity contribution is 7.89. The molecular formula is C11H18N2O3S. The Balaban J connectivity index is 2.18. The van der Waals surface area contributed by atoms with Gasteiger partial charge >= 0.3 is 0 Å². The number of hydrogen-bond acceptors (Lipinski definition) is 3. The summed E-state index contributed by atoms with van der Waals surface area (Å²) in [5.74, 6) is 0. The lowest BCUT2D eigenvalue weighted by molar-refractivity contribution is 0.277. The molecule has 0 aliphatic heterocycles. The predicted octanol–water partition coefficient (Wildman–Crippen LogP) is 1.12. The fraction of sp³-hybridized carbons (Fsp3) is 0.636. The summed E-state index contributed by atoms with van der Waals surface area (Å²) in [6.45, 7) is 1.75. The van der Waals surface area contributed by atoms with Crippen LogP contribution in [-0.4, -0.2) is 24.0 Å². The Kier molecular flexibility index (Phi) is 3.29. The topological polar surface area (TPSA) is 82.2 Å².